The Morgan fingerprint density at radius 3 is 2.71 bits per heavy atom. The maximum absolute atomic E-state index is 13.4. The number of nitrogens with two attached hydrogens (primary N) is 1. The maximum Gasteiger partial charge on any atom is 0.326 e. The van der Waals surface area contributed by atoms with Crippen LogP contribution in [0.15, 0.2) is 18.2 Å². The molecule has 6 heteroatoms. The molecule has 1 aromatic rings. The van der Waals surface area contributed by atoms with Crippen LogP contribution in [0.4, 0.5) is 8.78 Å². The van der Waals surface area contributed by atoms with Gasteiger partial charge in [0.15, 0.2) is 17.4 Å². The summed E-state index contributed by atoms with van der Waals surface area (Å²) < 4.78 is 36.8. The van der Waals surface area contributed by atoms with Crippen molar-refractivity contribution in [1.29, 1.82) is 0 Å². The predicted molar refractivity (Wildman–Crippen MR) is 72.7 cm³/mol. The third-order valence-corrected chi connectivity index (χ3v) is 4.07. The third-order valence-electron chi connectivity index (χ3n) is 4.07. The molecule has 21 heavy (non-hydrogen) atoms. The third kappa shape index (κ3) is 3.15. The van der Waals surface area contributed by atoms with Gasteiger partial charge in [0.05, 0.1) is 13.7 Å². The number of ether oxygens (including phenoxy) is 2. The van der Waals surface area contributed by atoms with Gasteiger partial charge in [0.1, 0.15) is 5.54 Å². The molecule has 0 aliphatic heterocycles. The molecule has 4 nitrogen and oxygen atoms in total. The molecule has 1 aliphatic rings. The smallest absolute Gasteiger partial charge is 0.326 e. The molecular weight excluding hydrogens is 280 g/mol. The summed E-state index contributed by atoms with van der Waals surface area (Å²) in [5, 5.41) is 0. The van der Waals surface area contributed by atoms with Crippen molar-refractivity contribution in [3.05, 3.63) is 29.8 Å². The Labute approximate surface area is 122 Å². The maximum atomic E-state index is 13.4. The van der Waals surface area contributed by atoms with E-state index in [9.17, 15) is 13.6 Å². The van der Waals surface area contributed by atoms with Crippen LogP contribution in [-0.2, 0) is 9.53 Å². The van der Waals surface area contributed by atoms with Crippen LogP contribution in [0.25, 0.3) is 0 Å². The number of carbonyl (C=O) groups is 1. The van der Waals surface area contributed by atoms with Crippen molar-refractivity contribution in [2.75, 3.05) is 13.7 Å². The van der Waals surface area contributed by atoms with Gasteiger partial charge in [0, 0.05) is 0 Å². The number of para-hydroxylation sites is 1. The van der Waals surface area contributed by atoms with E-state index < -0.39 is 28.9 Å². The highest BCUT2D eigenvalue weighted by atomic mass is 19.1. The molecule has 2 unspecified atom stereocenters. The number of benzene rings is 1. The van der Waals surface area contributed by atoms with E-state index in [1.54, 1.807) is 0 Å². The van der Waals surface area contributed by atoms with Crippen LogP contribution in [0.3, 0.4) is 0 Å². The lowest BCUT2D eigenvalue weighted by Crippen LogP contribution is -2.52. The first-order chi connectivity index (χ1) is 9.99. The molecule has 0 heterocycles. The fraction of sp³-hybridized carbons (Fsp3) is 0.533. The van der Waals surface area contributed by atoms with Crippen LogP contribution >= 0.6 is 0 Å². The molecule has 1 aromatic carbocycles. The standard InChI is InChI=1S/C15H19F2NO3/c1-20-14(19)15(18)8-3-4-10(15)7-9-21-13-11(16)5-2-6-12(13)17/h2,5-6,10H,3-4,7-9,18H2,1H3. The van der Waals surface area contributed by atoms with Crippen LogP contribution in [-0.4, -0.2) is 25.2 Å². The van der Waals surface area contributed by atoms with Crippen LogP contribution in [0.5, 0.6) is 5.75 Å². The summed E-state index contributed by atoms with van der Waals surface area (Å²) in [4.78, 5) is 11.8. The van der Waals surface area contributed by atoms with Crippen molar-refractivity contribution in [3.63, 3.8) is 0 Å². The molecule has 0 bridgehead atoms. The Morgan fingerprint density at radius 2 is 2.10 bits per heavy atom. The second kappa shape index (κ2) is 6.39. The SMILES string of the molecule is COC(=O)C1(N)CCCC1CCOc1c(F)cccc1F. The Balaban J connectivity index is 1.96. The lowest BCUT2D eigenvalue weighted by molar-refractivity contribution is -0.148. The Bertz CT molecular complexity index is 503. The first-order valence-electron chi connectivity index (χ1n) is 6.93. The fourth-order valence-corrected chi connectivity index (χ4v) is 2.89. The number of carbonyl (C=O) groups excluding carboxylic acids is 1. The number of esters is 1. The summed E-state index contributed by atoms with van der Waals surface area (Å²) in [5.41, 5.74) is 5.10. The predicted octanol–water partition coefficient (Wildman–Crippen LogP) is 2.40. The number of methoxy groups -OCH3 is 1. The minimum absolute atomic E-state index is 0.0957. The van der Waals surface area contributed by atoms with Crippen LogP contribution in [0.1, 0.15) is 25.7 Å². The van der Waals surface area contributed by atoms with Crippen LogP contribution < -0.4 is 10.5 Å². The van der Waals surface area contributed by atoms with Crippen molar-refractivity contribution >= 4 is 5.97 Å². The summed E-state index contributed by atoms with van der Waals surface area (Å²) in [7, 11) is 1.30. The van der Waals surface area contributed by atoms with Gasteiger partial charge in [-0.25, -0.2) is 8.78 Å². The Kier molecular flexibility index (Phi) is 4.77. The molecule has 2 atom stereocenters. The second-order valence-electron chi connectivity index (χ2n) is 5.31. The monoisotopic (exact) mass is 299 g/mol. The molecule has 116 valence electrons. The van der Waals surface area contributed by atoms with Crippen LogP contribution in [0.2, 0.25) is 0 Å². The topological polar surface area (TPSA) is 61.5 Å². The summed E-state index contributed by atoms with van der Waals surface area (Å²) in [5.74, 6) is -2.43. The number of rotatable bonds is 5. The summed E-state index contributed by atoms with van der Waals surface area (Å²) in [6.07, 6.45) is 2.59. The van der Waals surface area contributed by atoms with Gasteiger partial charge < -0.3 is 15.2 Å². The lowest BCUT2D eigenvalue weighted by atomic mass is 9.86. The Morgan fingerprint density at radius 1 is 1.43 bits per heavy atom. The first kappa shape index (κ1) is 15.7. The van der Waals surface area contributed by atoms with E-state index in [0.29, 0.717) is 12.8 Å². The molecule has 2 N–H and O–H groups in total. The van der Waals surface area contributed by atoms with Gasteiger partial charge in [-0.1, -0.05) is 12.5 Å². The van der Waals surface area contributed by atoms with Crippen LogP contribution in [0, 0.1) is 17.6 Å². The average molecular weight is 299 g/mol. The van der Waals surface area contributed by atoms with Crippen molar-refractivity contribution in [2.45, 2.75) is 31.2 Å². The van der Waals surface area contributed by atoms with Gasteiger partial charge in [-0.05, 0) is 37.3 Å². The lowest BCUT2D eigenvalue weighted by Gasteiger charge is -2.28. The van der Waals surface area contributed by atoms with E-state index in [1.807, 2.05) is 0 Å². The zero-order valence-corrected chi connectivity index (χ0v) is 11.9. The largest absolute Gasteiger partial charge is 0.488 e. The molecule has 0 saturated heterocycles. The van der Waals surface area contributed by atoms with Crippen molar-refractivity contribution in [3.8, 4) is 5.75 Å². The van der Waals surface area contributed by atoms with Crippen molar-refractivity contribution in [2.24, 2.45) is 11.7 Å². The molecule has 0 radical (unpaired) electrons. The van der Waals surface area contributed by atoms with Gasteiger partial charge in [-0.3, -0.25) is 4.79 Å². The van der Waals surface area contributed by atoms with Gasteiger partial charge in [0.2, 0.25) is 0 Å². The van der Waals surface area contributed by atoms with Gasteiger partial charge >= 0.3 is 5.97 Å². The summed E-state index contributed by atoms with van der Waals surface area (Å²) in [6.45, 7) is 0.0957. The van der Waals surface area contributed by atoms with E-state index in [1.165, 1.54) is 13.2 Å². The molecule has 1 saturated carbocycles. The highest BCUT2D eigenvalue weighted by Gasteiger charge is 2.46. The second-order valence-corrected chi connectivity index (χ2v) is 5.31. The number of hydrogen-bond donors (Lipinski definition) is 1. The molecule has 0 spiro atoms. The van der Waals surface area contributed by atoms with Gasteiger partial charge in [-0.2, -0.15) is 0 Å². The fourth-order valence-electron chi connectivity index (χ4n) is 2.89. The van der Waals surface area contributed by atoms with Crippen molar-refractivity contribution < 1.29 is 23.0 Å². The van der Waals surface area contributed by atoms with E-state index in [2.05, 4.69) is 0 Å². The number of halogens is 2. The minimum Gasteiger partial charge on any atom is -0.488 e. The molecule has 0 aromatic heterocycles. The normalized spacial score (nSPS) is 24.9. The highest BCUT2D eigenvalue weighted by molar-refractivity contribution is 5.81. The van der Waals surface area contributed by atoms with E-state index in [0.717, 1.165) is 25.0 Å². The molecule has 1 aliphatic carbocycles. The zero-order chi connectivity index (χ0) is 15.5. The number of hydrogen-bond acceptors (Lipinski definition) is 4. The van der Waals surface area contributed by atoms with E-state index >= 15 is 0 Å². The molecular formula is C15H19F2NO3. The van der Waals surface area contributed by atoms with E-state index in [4.69, 9.17) is 15.2 Å². The minimum atomic E-state index is -1.02. The van der Waals surface area contributed by atoms with Crippen molar-refractivity contribution in [1.82, 2.24) is 0 Å². The zero-order valence-electron chi connectivity index (χ0n) is 11.9. The van der Waals surface area contributed by atoms with E-state index in [-0.39, 0.29) is 12.5 Å². The van der Waals surface area contributed by atoms with Gasteiger partial charge in [0.25, 0.3) is 0 Å². The molecule has 0 amide bonds. The summed E-state index contributed by atoms with van der Waals surface area (Å²) in [6, 6.07) is 3.54. The average Bonchev–Trinajstić information content (AvgIpc) is 2.84. The highest BCUT2D eigenvalue weighted by Crippen LogP contribution is 2.37. The first-order valence-corrected chi connectivity index (χ1v) is 6.93. The molecule has 2 rings (SSSR count). The van der Waals surface area contributed by atoms with Gasteiger partial charge in [-0.15, -0.1) is 0 Å². The Hall–Kier alpha value is -1.69. The summed E-state index contributed by atoms with van der Waals surface area (Å²) >= 11 is 0. The quantitative estimate of drug-likeness (QED) is 0.848. The molecule has 1 fully saturated rings.